The molecule has 11 heteroatoms. The van der Waals surface area contributed by atoms with Crippen LogP contribution in [-0.2, 0) is 13.3 Å². The Morgan fingerprint density at radius 2 is 1.92 bits per heavy atom. The second-order valence-electron chi connectivity index (χ2n) is 7.84. The number of methoxy groups -OCH3 is 2. The minimum Gasteiger partial charge on any atom is -0.496 e. The summed E-state index contributed by atoms with van der Waals surface area (Å²) in [6, 6.07) is 12.8. The van der Waals surface area contributed by atoms with Crippen LogP contribution in [-0.4, -0.2) is 33.8 Å². The van der Waals surface area contributed by atoms with Crippen LogP contribution in [0.3, 0.4) is 0 Å². The molecule has 0 radical (unpaired) electrons. The molecule has 182 valence electrons. The maximum Gasteiger partial charge on any atom is 0.294 e. The van der Waals surface area contributed by atoms with Gasteiger partial charge in [0, 0.05) is 23.1 Å². The number of imidazole rings is 1. The van der Waals surface area contributed by atoms with Crippen molar-refractivity contribution in [2.45, 2.75) is 13.3 Å². The molecule has 0 N–H and O–H groups in total. The third-order valence-corrected chi connectivity index (χ3v) is 7.37. The predicted molar refractivity (Wildman–Crippen MR) is 136 cm³/mol. The van der Waals surface area contributed by atoms with E-state index in [9.17, 15) is 4.39 Å². The zero-order chi connectivity index (χ0) is 24.6. The smallest absolute Gasteiger partial charge is 0.294 e. The Kier molecular flexibility index (Phi) is 5.78. The third kappa shape index (κ3) is 4.16. The molecule has 0 aliphatic carbocycles. The van der Waals surface area contributed by atoms with E-state index in [1.54, 1.807) is 37.1 Å². The first-order chi connectivity index (χ1) is 17.6. The summed E-state index contributed by atoms with van der Waals surface area (Å²) in [4.78, 5) is 9.98. The van der Waals surface area contributed by atoms with E-state index in [2.05, 4.69) is 15.1 Å². The van der Waals surface area contributed by atoms with E-state index in [1.807, 2.05) is 35.7 Å². The number of benzene rings is 2. The summed E-state index contributed by atoms with van der Waals surface area (Å²) >= 11 is 2.86. The molecule has 0 aliphatic rings. The van der Waals surface area contributed by atoms with Gasteiger partial charge >= 0.3 is 0 Å². The van der Waals surface area contributed by atoms with Gasteiger partial charge in [0.05, 0.1) is 31.5 Å². The molecule has 0 saturated carbocycles. The number of thiazole rings is 1. The Bertz CT molecular complexity index is 1640. The first kappa shape index (κ1) is 22.5. The fourth-order valence-corrected chi connectivity index (χ4v) is 5.23. The third-order valence-electron chi connectivity index (χ3n) is 5.54. The number of hydrogen-bond acceptors (Lipinski definition) is 9. The van der Waals surface area contributed by atoms with Gasteiger partial charge in [-0.2, -0.15) is 0 Å². The van der Waals surface area contributed by atoms with Crippen molar-refractivity contribution < 1.29 is 23.0 Å². The minimum absolute atomic E-state index is 0.270. The molecule has 0 amide bonds. The average Bonchev–Trinajstić information content (AvgIpc) is 3.69. The van der Waals surface area contributed by atoms with Gasteiger partial charge in [-0.3, -0.25) is 0 Å². The van der Waals surface area contributed by atoms with Crippen LogP contribution in [0.25, 0.3) is 38.0 Å². The number of fused-ring (bicyclic) bond motifs is 2. The van der Waals surface area contributed by atoms with Gasteiger partial charge in [0.25, 0.3) is 5.19 Å². The molecule has 0 saturated heterocycles. The van der Waals surface area contributed by atoms with Gasteiger partial charge in [-0.05, 0) is 23.0 Å². The zero-order valence-electron chi connectivity index (χ0n) is 19.2. The van der Waals surface area contributed by atoms with Crippen molar-refractivity contribution in [2.75, 3.05) is 14.2 Å². The lowest BCUT2D eigenvalue weighted by Crippen LogP contribution is -1.97. The molecule has 2 aromatic carbocycles. The van der Waals surface area contributed by atoms with Crippen LogP contribution in [0.15, 0.2) is 58.5 Å². The van der Waals surface area contributed by atoms with E-state index in [4.69, 9.17) is 18.6 Å². The van der Waals surface area contributed by atoms with Crippen LogP contribution >= 0.6 is 22.7 Å². The molecular formula is C25H19FN4O4S2. The van der Waals surface area contributed by atoms with Gasteiger partial charge in [0.15, 0.2) is 5.76 Å². The Morgan fingerprint density at radius 1 is 1.06 bits per heavy atom. The van der Waals surface area contributed by atoms with E-state index in [1.165, 1.54) is 22.7 Å². The lowest BCUT2D eigenvalue weighted by atomic mass is 10.1. The van der Waals surface area contributed by atoms with Gasteiger partial charge in [0.2, 0.25) is 4.96 Å². The number of halogens is 1. The van der Waals surface area contributed by atoms with Crippen molar-refractivity contribution in [3.63, 3.8) is 0 Å². The summed E-state index contributed by atoms with van der Waals surface area (Å²) in [6.07, 6.45) is 1.79. The molecule has 8 nitrogen and oxygen atoms in total. The molecule has 0 atom stereocenters. The quantitative estimate of drug-likeness (QED) is 0.229. The molecule has 4 heterocycles. The zero-order valence-corrected chi connectivity index (χ0v) is 20.9. The SMILES string of the molecule is COc1cc(OCc2csc(-c3ccc(CF)cc3)n2)c2cc(-c3cn4nc(OC)sc4n3)oc2c1. The summed E-state index contributed by atoms with van der Waals surface area (Å²) in [5.41, 5.74) is 3.65. The maximum absolute atomic E-state index is 12.8. The maximum atomic E-state index is 12.8. The number of nitrogens with zero attached hydrogens (tertiary/aromatic N) is 4. The van der Waals surface area contributed by atoms with E-state index in [0.29, 0.717) is 44.3 Å². The Morgan fingerprint density at radius 3 is 2.67 bits per heavy atom. The van der Waals surface area contributed by atoms with Gasteiger partial charge < -0.3 is 18.6 Å². The summed E-state index contributed by atoms with van der Waals surface area (Å²) in [6.45, 7) is -0.210. The first-order valence-electron chi connectivity index (χ1n) is 10.9. The van der Waals surface area contributed by atoms with Crippen LogP contribution < -0.4 is 14.2 Å². The van der Waals surface area contributed by atoms with Crippen molar-refractivity contribution in [3.05, 3.63) is 65.3 Å². The van der Waals surface area contributed by atoms with Gasteiger partial charge in [0.1, 0.15) is 41.1 Å². The number of aromatic nitrogens is 4. The molecule has 0 bridgehead atoms. The molecule has 0 fully saturated rings. The largest absolute Gasteiger partial charge is 0.496 e. The Labute approximate surface area is 212 Å². The average molecular weight is 523 g/mol. The van der Waals surface area contributed by atoms with E-state index in [-0.39, 0.29) is 6.61 Å². The molecule has 6 rings (SSSR count). The molecule has 0 spiro atoms. The van der Waals surface area contributed by atoms with Crippen molar-refractivity contribution in [1.82, 2.24) is 19.6 Å². The van der Waals surface area contributed by atoms with Crippen molar-refractivity contribution in [2.24, 2.45) is 0 Å². The number of alkyl halides is 1. The first-order valence-corrected chi connectivity index (χ1v) is 12.6. The highest BCUT2D eigenvalue weighted by molar-refractivity contribution is 7.18. The molecule has 4 aromatic heterocycles. The summed E-state index contributed by atoms with van der Waals surface area (Å²) in [5, 5.41) is 8.45. The van der Waals surface area contributed by atoms with Crippen molar-refractivity contribution >= 4 is 38.6 Å². The summed E-state index contributed by atoms with van der Waals surface area (Å²) in [5.74, 6) is 1.82. The molecule has 0 aliphatic heterocycles. The Balaban J connectivity index is 1.27. The fraction of sp³-hybridized carbons (Fsp3) is 0.160. The second-order valence-corrected chi connectivity index (χ2v) is 9.61. The van der Waals surface area contributed by atoms with Crippen LogP contribution in [0.4, 0.5) is 4.39 Å². The highest BCUT2D eigenvalue weighted by atomic mass is 32.1. The molecule has 0 unspecified atom stereocenters. The van der Waals surface area contributed by atoms with E-state index in [0.717, 1.165) is 21.7 Å². The van der Waals surface area contributed by atoms with Crippen LogP contribution in [0.1, 0.15) is 11.3 Å². The van der Waals surface area contributed by atoms with Gasteiger partial charge in [-0.15, -0.1) is 16.4 Å². The van der Waals surface area contributed by atoms with Crippen LogP contribution in [0.2, 0.25) is 0 Å². The standard InChI is InChI=1S/C25H19FN4O4S2/c1-31-17-7-20(33-12-16-13-35-23(27-16)15-5-3-14(10-26)4-6-15)18-9-22(34-21(18)8-17)19-11-30-24(28-19)36-25(29-30)32-2/h3-9,11,13H,10,12H2,1-2H3. The predicted octanol–water partition coefficient (Wildman–Crippen LogP) is 6.39. The monoisotopic (exact) mass is 522 g/mol. The van der Waals surface area contributed by atoms with Crippen molar-refractivity contribution in [3.8, 4) is 38.7 Å². The van der Waals surface area contributed by atoms with Crippen LogP contribution in [0, 0.1) is 0 Å². The lowest BCUT2D eigenvalue weighted by Gasteiger charge is -2.08. The van der Waals surface area contributed by atoms with Gasteiger partial charge in [-0.25, -0.2) is 18.9 Å². The second kappa shape index (κ2) is 9.25. The number of rotatable bonds is 8. The highest BCUT2D eigenvalue weighted by Crippen LogP contribution is 2.38. The molecule has 6 aromatic rings. The summed E-state index contributed by atoms with van der Waals surface area (Å²) < 4.78 is 37.3. The van der Waals surface area contributed by atoms with Crippen LogP contribution in [0.5, 0.6) is 16.7 Å². The number of hydrogen-bond donors (Lipinski definition) is 0. The number of furan rings is 1. The van der Waals surface area contributed by atoms with Crippen molar-refractivity contribution in [1.29, 1.82) is 0 Å². The lowest BCUT2D eigenvalue weighted by molar-refractivity contribution is 0.303. The Hall–Kier alpha value is -3.96. The minimum atomic E-state index is -0.479. The van der Waals surface area contributed by atoms with Gasteiger partial charge in [-0.1, -0.05) is 24.3 Å². The molecular weight excluding hydrogens is 503 g/mol. The topological polar surface area (TPSA) is 83.9 Å². The normalized spacial score (nSPS) is 11.4. The molecule has 36 heavy (non-hydrogen) atoms. The summed E-state index contributed by atoms with van der Waals surface area (Å²) in [7, 11) is 3.17. The fourth-order valence-electron chi connectivity index (χ4n) is 3.72. The van der Waals surface area contributed by atoms with E-state index < -0.39 is 6.67 Å². The van der Waals surface area contributed by atoms with E-state index >= 15 is 0 Å². The number of ether oxygens (including phenoxy) is 3. The highest BCUT2D eigenvalue weighted by Gasteiger charge is 2.17.